The maximum absolute atomic E-state index is 12.2. The number of aryl methyl sites for hydroxylation is 1. The highest BCUT2D eigenvalue weighted by Gasteiger charge is 2.21. The molecule has 1 amide bonds. The Balaban J connectivity index is 1.99. The number of nitrogens with two attached hydrogens (primary N) is 2. The van der Waals surface area contributed by atoms with Crippen LogP contribution in [0.4, 0.5) is 0 Å². The third kappa shape index (κ3) is 5.57. The molecular formula is C20H24N4O3. The Morgan fingerprint density at radius 3 is 2.48 bits per heavy atom. The van der Waals surface area contributed by atoms with Gasteiger partial charge in [0.15, 0.2) is 6.29 Å². The number of allylic oxidation sites excluding steroid dienone is 4. The summed E-state index contributed by atoms with van der Waals surface area (Å²) in [5.41, 5.74) is 15.0. The van der Waals surface area contributed by atoms with Gasteiger partial charge < -0.3 is 21.7 Å². The van der Waals surface area contributed by atoms with Gasteiger partial charge in [0.1, 0.15) is 12.1 Å². The fraction of sp³-hybridized carbons (Fsp3) is 0.250. The average Bonchev–Trinajstić information content (AvgIpc) is 2.66. The first-order chi connectivity index (χ1) is 12.9. The molecule has 0 aromatic heterocycles. The van der Waals surface area contributed by atoms with Crippen molar-refractivity contribution in [2.45, 2.75) is 19.8 Å². The van der Waals surface area contributed by atoms with Crippen molar-refractivity contribution in [2.75, 3.05) is 13.1 Å². The summed E-state index contributed by atoms with van der Waals surface area (Å²) in [5.74, 6) is -0.239. The molecule has 0 saturated carbocycles. The Bertz CT molecular complexity index is 807. The molecule has 1 aromatic carbocycles. The molecule has 7 nitrogen and oxygen atoms in total. The van der Waals surface area contributed by atoms with Crippen LogP contribution in [-0.4, -0.2) is 36.5 Å². The van der Waals surface area contributed by atoms with Gasteiger partial charge in [0.25, 0.3) is 0 Å². The summed E-state index contributed by atoms with van der Waals surface area (Å²) in [6.45, 7) is 2.46. The van der Waals surface area contributed by atoms with Crippen LogP contribution in [0.2, 0.25) is 0 Å². The van der Waals surface area contributed by atoms with Crippen LogP contribution in [0.15, 0.2) is 53.5 Å². The topological polar surface area (TPSA) is 119 Å². The van der Waals surface area contributed by atoms with Gasteiger partial charge in [0, 0.05) is 17.8 Å². The Morgan fingerprint density at radius 2 is 1.85 bits per heavy atom. The second kappa shape index (κ2) is 9.38. The van der Waals surface area contributed by atoms with Crippen LogP contribution in [0.5, 0.6) is 0 Å². The summed E-state index contributed by atoms with van der Waals surface area (Å²) >= 11 is 0. The molecular weight excluding hydrogens is 344 g/mol. The lowest BCUT2D eigenvalue weighted by atomic mass is 10.0. The third-order valence-corrected chi connectivity index (χ3v) is 4.24. The molecule has 1 heterocycles. The molecule has 0 bridgehead atoms. The van der Waals surface area contributed by atoms with Gasteiger partial charge in [-0.2, -0.15) is 0 Å². The van der Waals surface area contributed by atoms with E-state index in [0.717, 1.165) is 11.1 Å². The van der Waals surface area contributed by atoms with Gasteiger partial charge in [-0.05, 0) is 37.5 Å². The van der Waals surface area contributed by atoms with Crippen molar-refractivity contribution < 1.29 is 14.4 Å². The quantitative estimate of drug-likeness (QED) is 0.487. The van der Waals surface area contributed by atoms with E-state index in [2.05, 4.69) is 5.32 Å². The van der Waals surface area contributed by atoms with Crippen LogP contribution in [-0.2, 0) is 14.4 Å². The van der Waals surface area contributed by atoms with Crippen LogP contribution in [0.1, 0.15) is 24.0 Å². The van der Waals surface area contributed by atoms with E-state index in [-0.39, 0.29) is 24.0 Å². The molecule has 1 aliphatic rings. The Kier molecular flexibility index (Phi) is 6.93. The van der Waals surface area contributed by atoms with Crippen molar-refractivity contribution in [3.05, 3.63) is 64.6 Å². The highest BCUT2D eigenvalue weighted by molar-refractivity contribution is 5.88. The summed E-state index contributed by atoms with van der Waals surface area (Å²) in [4.78, 5) is 36.0. The minimum atomic E-state index is -0.377. The van der Waals surface area contributed by atoms with Crippen molar-refractivity contribution >= 4 is 24.2 Å². The molecule has 0 atom stereocenters. The van der Waals surface area contributed by atoms with Gasteiger partial charge in [-0.15, -0.1) is 0 Å². The average molecular weight is 368 g/mol. The number of nitrogens with one attached hydrogen (secondary N) is 1. The monoisotopic (exact) mass is 368 g/mol. The second-order valence-corrected chi connectivity index (χ2v) is 6.33. The van der Waals surface area contributed by atoms with Crippen molar-refractivity contribution in [1.29, 1.82) is 0 Å². The van der Waals surface area contributed by atoms with E-state index in [9.17, 15) is 14.4 Å². The SMILES string of the molecule is Cc1ccc(/C(N)=C/C=C(\N)NC(=O)CN2CCCC(C=O)=C2C=O)cc1. The maximum atomic E-state index is 12.2. The summed E-state index contributed by atoms with van der Waals surface area (Å²) in [6, 6.07) is 7.71. The van der Waals surface area contributed by atoms with Gasteiger partial charge in [0.2, 0.25) is 5.91 Å². The molecule has 5 N–H and O–H groups in total. The highest BCUT2D eigenvalue weighted by Crippen LogP contribution is 2.19. The van der Waals surface area contributed by atoms with E-state index in [0.29, 0.717) is 43.2 Å². The largest absolute Gasteiger partial charge is 0.398 e. The van der Waals surface area contributed by atoms with Gasteiger partial charge >= 0.3 is 0 Å². The third-order valence-electron chi connectivity index (χ3n) is 4.24. The zero-order valence-corrected chi connectivity index (χ0v) is 15.3. The van der Waals surface area contributed by atoms with E-state index in [1.165, 1.54) is 6.08 Å². The number of hydrogen-bond donors (Lipinski definition) is 3. The lowest BCUT2D eigenvalue weighted by Crippen LogP contribution is -2.40. The molecule has 0 fully saturated rings. The van der Waals surface area contributed by atoms with Gasteiger partial charge in [0.05, 0.1) is 12.2 Å². The van der Waals surface area contributed by atoms with E-state index in [1.807, 2.05) is 31.2 Å². The predicted octanol–water partition coefficient (Wildman–Crippen LogP) is 0.959. The standard InChI is InChI=1S/C20H24N4O3/c1-14-4-6-15(7-5-14)17(21)8-9-19(22)23-20(27)11-24-10-2-3-16(12-25)18(24)13-26/h4-9,12-13H,2-3,10-11,21-22H2,1H3,(H,23,27)/b17-8-,19-9+. The number of nitrogens with zero attached hydrogens (tertiary/aromatic N) is 1. The Morgan fingerprint density at radius 1 is 1.15 bits per heavy atom. The Hall–Kier alpha value is -3.35. The first kappa shape index (κ1) is 20.0. The molecule has 1 aromatic rings. The van der Waals surface area contributed by atoms with E-state index in [1.54, 1.807) is 11.0 Å². The number of amides is 1. The van der Waals surface area contributed by atoms with Crippen molar-refractivity contribution in [3.63, 3.8) is 0 Å². The number of aldehydes is 2. The molecule has 0 spiro atoms. The molecule has 7 heteroatoms. The van der Waals surface area contributed by atoms with Crippen molar-refractivity contribution in [3.8, 4) is 0 Å². The maximum Gasteiger partial charge on any atom is 0.244 e. The first-order valence-corrected chi connectivity index (χ1v) is 8.63. The van der Waals surface area contributed by atoms with Crippen LogP contribution in [0, 0.1) is 6.92 Å². The summed E-state index contributed by atoms with van der Waals surface area (Å²) < 4.78 is 0. The number of carbonyl (C=O) groups is 3. The minimum Gasteiger partial charge on any atom is -0.398 e. The van der Waals surface area contributed by atoms with Crippen LogP contribution in [0.3, 0.4) is 0 Å². The normalized spacial score (nSPS) is 15.5. The molecule has 142 valence electrons. The predicted molar refractivity (Wildman–Crippen MR) is 104 cm³/mol. The molecule has 1 aliphatic heterocycles. The number of rotatable bonds is 7. The fourth-order valence-electron chi connectivity index (χ4n) is 2.78. The van der Waals surface area contributed by atoms with Crippen molar-refractivity contribution in [1.82, 2.24) is 10.2 Å². The lowest BCUT2D eigenvalue weighted by molar-refractivity contribution is -0.121. The highest BCUT2D eigenvalue weighted by atomic mass is 16.2. The summed E-state index contributed by atoms with van der Waals surface area (Å²) in [6.07, 6.45) is 5.65. The van der Waals surface area contributed by atoms with Crippen molar-refractivity contribution in [2.24, 2.45) is 11.5 Å². The zero-order chi connectivity index (χ0) is 19.8. The number of carbonyl (C=O) groups excluding carboxylic acids is 3. The molecule has 0 saturated heterocycles. The molecule has 0 unspecified atom stereocenters. The summed E-state index contributed by atoms with van der Waals surface area (Å²) in [7, 11) is 0. The molecule has 27 heavy (non-hydrogen) atoms. The molecule has 0 radical (unpaired) electrons. The van der Waals surface area contributed by atoms with Crippen LogP contribution < -0.4 is 16.8 Å². The van der Waals surface area contributed by atoms with Gasteiger partial charge in [-0.25, -0.2) is 0 Å². The fourth-order valence-corrected chi connectivity index (χ4v) is 2.78. The first-order valence-electron chi connectivity index (χ1n) is 8.63. The van der Waals surface area contributed by atoms with Gasteiger partial charge in [-0.3, -0.25) is 14.4 Å². The van der Waals surface area contributed by atoms with Crippen LogP contribution >= 0.6 is 0 Å². The second-order valence-electron chi connectivity index (χ2n) is 6.33. The smallest absolute Gasteiger partial charge is 0.244 e. The van der Waals surface area contributed by atoms with E-state index in [4.69, 9.17) is 11.5 Å². The molecule has 0 aliphatic carbocycles. The minimum absolute atomic E-state index is 0.0584. The van der Waals surface area contributed by atoms with E-state index >= 15 is 0 Å². The molecule has 2 rings (SSSR count). The Labute approximate surface area is 158 Å². The zero-order valence-electron chi connectivity index (χ0n) is 15.3. The van der Waals surface area contributed by atoms with E-state index < -0.39 is 0 Å². The summed E-state index contributed by atoms with van der Waals surface area (Å²) in [5, 5.41) is 2.55. The lowest BCUT2D eigenvalue weighted by Gasteiger charge is -2.28. The van der Waals surface area contributed by atoms with Crippen LogP contribution in [0.25, 0.3) is 5.70 Å². The number of hydrogen-bond acceptors (Lipinski definition) is 6. The number of benzene rings is 1. The van der Waals surface area contributed by atoms with Gasteiger partial charge in [-0.1, -0.05) is 29.8 Å².